The molecule has 25 heavy (non-hydrogen) atoms. The highest BCUT2D eigenvalue weighted by Gasteiger charge is 2.13. The number of hydrogen-bond donors (Lipinski definition) is 0. The van der Waals surface area contributed by atoms with Crippen molar-refractivity contribution in [1.29, 1.82) is 0 Å². The molecule has 3 heterocycles. The summed E-state index contributed by atoms with van der Waals surface area (Å²) in [6.07, 6.45) is 3.32. The molecular weight excluding hydrogens is 342 g/mol. The van der Waals surface area contributed by atoms with Crippen LogP contribution in [-0.2, 0) is 0 Å². The van der Waals surface area contributed by atoms with Gasteiger partial charge in [0.1, 0.15) is 0 Å². The predicted octanol–water partition coefficient (Wildman–Crippen LogP) is 1.98. The van der Waals surface area contributed by atoms with Crippen molar-refractivity contribution in [3.05, 3.63) is 57.0 Å². The van der Waals surface area contributed by atoms with Crippen LogP contribution in [0, 0.1) is 0 Å². The first-order valence-corrected chi connectivity index (χ1v) is 8.18. The average molecular weight is 355 g/mol. The van der Waals surface area contributed by atoms with Gasteiger partial charge in [-0.25, -0.2) is 0 Å². The van der Waals surface area contributed by atoms with E-state index in [1.54, 1.807) is 44.8 Å². The summed E-state index contributed by atoms with van der Waals surface area (Å²) in [6.45, 7) is 0. The molecular formula is C17H13N3O4S. The van der Waals surface area contributed by atoms with Crippen LogP contribution in [-0.4, -0.2) is 28.8 Å². The molecule has 7 nitrogen and oxygen atoms in total. The fraction of sp³-hybridized carbons (Fsp3) is 0.118. The number of fused-ring (bicyclic) bond motifs is 1. The Morgan fingerprint density at radius 3 is 2.72 bits per heavy atom. The summed E-state index contributed by atoms with van der Waals surface area (Å²) in [6, 6.07) is 8.95. The second-order valence-electron chi connectivity index (χ2n) is 5.14. The molecule has 0 radical (unpaired) electrons. The Balaban J connectivity index is 1.79. The average Bonchev–Trinajstić information content (AvgIpc) is 3.34. The molecule has 3 aromatic heterocycles. The third-order valence-corrected chi connectivity index (χ3v) is 4.59. The minimum Gasteiger partial charge on any atom is -0.493 e. The number of aromatic nitrogens is 3. The Hall–Kier alpha value is -3.13. The topological polar surface area (TPSA) is 78.9 Å². The Bertz CT molecular complexity index is 1140. The molecule has 4 aromatic rings. The van der Waals surface area contributed by atoms with E-state index in [0.717, 1.165) is 5.56 Å². The zero-order valence-electron chi connectivity index (χ0n) is 13.4. The minimum atomic E-state index is -0.222. The van der Waals surface area contributed by atoms with Crippen molar-refractivity contribution >= 4 is 22.4 Å². The highest BCUT2D eigenvalue weighted by atomic mass is 32.1. The number of nitrogens with zero attached hydrogens (tertiary/aromatic N) is 3. The van der Waals surface area contributed by atoms with Crippen molar-refractivity contribution < 1.29 is 13.9 Å². The van der Waals surface area contributed by atoms with Crippen LogP contribution in [0.2, 0.25) is 0 Å². The Kier molecular flexibility index (Phi) is 3.73. The smallest absolute Gasteiger partial charge is 0.291 e. The maximum atomic E-state index is 12.5. The number of benzene rings is 1. The van der Waals surface area contributed by atoms with Gasteiger partial charge in [-0.05, 0) is 35.9 Å². The van der Waals surface area contributed by atoms with E-state index in [9.17, 15) is 4.79 Å². The lowest BCUT2D eigenvalue weighted by Gasteiger charge is -2.07. The number of rotatable bonds is 4. The van der Waals surface area contributed by atoms with Crippen molar-refractivity contribution in [1.82, 2.24) is 14.6 Å². The highest BCUT2D eigenvalue weighted by Crippen LogP contribution is 2.27. The Morgan fingerprint density at radius 1 is 1.20 bits per heavy atom. The second-order valence-corrected chi connectivity index (χ2v) is 6.15. The summed E-state index contributed by atoms with van der Waals surface area (Å²) in [5.41, 5.74) is 0.602. The zero-order chi connectivity index (χ0) is 17.4. The van der Waals surface area contributed by atoms with Gasteiger partial charge in [0.05, 0.1) is 25.0 Å². The monoisotopic (exact) mass is 355 g/mol. The van der Waals surface area contributed by atoms with Crippen LogP contribution in [0.3, 0.4) is 0 Å². The first-order valence-electron chi connectivity index (χ1n) is 7.37. The maximum Gasteiger partial charge on any atom is 0.291 e. The first kappa shape index (κ1) is 15.4. The third-order valence-electron chi connectivity index (χ3n) is 3.63. The van der Waals surface area contributed by atoms with Gasteiger partial charge in [0.15, 0.2) is 17.3 Å². The molecule has 0 aliphatic rings. The molecule has 0 unspecified atom stereocenters. The largest absolute Gasteiger partial charge is 0.493 e. The summed E-state index contributed by atoms with van der Waals surface area (Å²) < 4.78 is 17.6. The molecule has 0 N–H and O–H groups in total. The van der Waals surface area contributed by atoms with Gasteiger partial charge in [-0.2, -0.15) is 9.50 Å². The first-order chi connectivity index (χ1) is 12.2. The lowest BCUT2D eigenvalue weighted by Crippen LogP contribution is -2.23. The standard InChI is InChI=1S/C17H13N3O4S/c1-22-11-6-5-10(8-13(11)23-2)9-14-16(21)20-17(25-14)18-15(19-20)12-4-3-7-24-12/h3-9H,1-2H3/b14-9+. The van der Waals surface area contributed by atoms with E-state index in [0.29, 0.717) is 32.6 Å². The van der Waals surface area contributed by atoms with E-state index in [2.05, 4.69) is 10.1 Å². The molecule has 0 fully saturated rings. The summed E-state index contributed by atoms with van der Waals surface area (Å²) in [5.74, 6) is 2.16. The summed E-state index contributed by atoms with van der Waals surface area (Å²) in [5, 5.41) is 4.22. The van der Waals surface area contributed by atoms with Gasteiger partial charge in [0, 0.05) is 0 Å². The van der Waals surface area contributed by atoms with Crippen LogP contribution in [0.25, 0.3) is 22.6 Å². The quantitative estimate of drug-likeness (QED) is 0.557. The van der Waals surface area contributed by atoms with Crippen molar-refractivity contribution in [2.24, 2.45) is 0 Å². The van der Waals surface area contributed by atoms with Gasteiger partial charge >= 0.3 is 0 Å². The van der Waals surface area contributed by atoms with Gasteiger partial charge in [-0.3, -0.25) is 4.79 Å². The van der Waals surface area contributed by atoms with Crippen molar-refractivity contribution in [2.75, 3.05) is 14.2 Å². The Labute approximate surface area is 145 Å². The number of thiazole rings is 1. The molecule has 0 saturated heterocycles. The van der Waals surface area contributed by atoms with Gasteiger partial charge in [0.25, 0.3) is 5.56 Å². The number of furan rings is 1. The van der Waals surface area contributed by atoms with Gasteiger partial charge in [-0.15, -0.1) is 5.10 Å². The molecule has 0 aliphatic carbocycles. The van der Waals surface area contributed by atoms with Gasteiger partial charge in [0.2, 0.25) is 10.8 Å². The van der Waals surface area contributed by atoms with E-state index in [-0.39, 0.29) is 5.56 Å². The predicted molar refractivity (Wildman–Crippen MR) is 93.2 cm³/mol. The number of methoxy groups -OCH3 is 2. The van der Waals surface area contributed by atoms with Gasteiger partial charge in [-0.1, -0.05) is 17.4 Å². The van der Waals surface area contributed by atoms with E-state index in [4.69, 9.17) is 13.9 Å². The van der Waals surface area contributed by atoms with E-state index in [1.165, 1.54) is 15.9 Å². The molecule has 0 aliphatic heterocycles. The molecule has 0 spiro atoms. The highest BCUT2D eigenvalue weighted by molar-refractivity contribution is 7.15. The number of ether oxygens (including phenoxy) is 2. The summed E-state index contributed by atoms with van der Waals surface area (Å²) in [4.78, 5) is 17.4. The van der Waals surface area contributed by atoms with Crippen molar-refractivity contribution in [3.8, 4) is 23.1 Å². The molecule has 126 valence electrons. The number of hydrogen-bond acceptors (Lipinski definition) is 7. The molecule has 8 heteroatoms. The van der Waals surface area contributed by atoms with Crippen molar-refractivity contribution in [2.45, 2.75) is 0 Å². The molecule has 0 atom stereocenters. The van der Waals surface area contributed by atoms with Crippen LogP contribution in [0.5, 0.6) is 11.5 Å². The fourth-order valence-corrected chi connectivity index (χ4v) is 3.35. The third kappa shape index (κ3) is 2.66. The van der Waals surface area contributed by atoms with Crippen LogP contribution < -0.4 is 19.6 Å². The van der Waals surface area contributed by atoms with E-state index < -0.39 is 0 Å². The van der Waals surface area contributed by atoms with E-state index in [1.807, 2.05) is 12.1 Å². The molecule has 0 bridgehead atoms. The lowest BCUT2D eigenvalue weighted by atomic mass is 10.2. The summed E-state index contributed by atoms with van der Waals surface area (Å²) >= 11 is 1.27. The lowest BCUT2D eigenvalue weighted by molar-refractivity contribution is 0.355. The zero-order valence-corrected chi connectivity index (χ0v) is 14.2. The van der Waals surface area contributed by atoms with Crippen molar-refractivity contribution in [3.63, 3.8) is 0 Å². The molecule has 1 aromatic carbocycles. The maximum absolute atomic E-state index is 12.5. The second kappa shape index (κ2) is 6.06. The van der Waals surface area contributed by atoms with Crippen LogP contribution in [0.15, 0.2) is 45.8 Å². The van der Waals surface area contributed by atoms with Crippen LogP contribution in [0.4, 0.5) is 0 Å². The minimum absolute atomic E-state index is 0.222. The van der Waals surface area contributed by atoms with Crippen LogP contribution >= 0.6 is 11.3 Å². The van der Waals surface area contributed by atoms with Gasteiger partial charge < -0.3 is 13.9 Å². The SMILES string of the molecule is COc1ccc(/C=c2/sc3nc(-c4ccco4)nn3c2=O)cc1OC. The molecule has 0 amide bonds. The van der Waals surface area contributed by atoms with E-state index >= 15 is 0 Å². The normalized spacial score (nSPS) is 12.0. The Morgan fingerprint density at radius 2 is 2.04 bits per heavy atom. The fourth-order valence-electron chi connectivity index (χ4n) is 2.44. The summed E-state index contributed by atoms with van der Waals surface area (Å²) in [7, 11) is 3.15. The van der Waals surface area contributed by atoms with Crippen LogP contribution in [0.1, 0.15) is 5.56 Å². The molecule has 4 rings (SSSR count). The molecule has 0 saturated carbocycles.